The Morgan fingerprint density at radius 3 is 2.92 bits per heavy atom. The SMILES string of the molecule is Ic1nnc(C2COCCO2)s1. The number of hydrogen-bond acceptors (Lipinski definition) is 5. The highest BCUT2D eigenvalue weighted by molar-refractivity contribution is 14.1. The highest BCUT2D eigenvalue weighted by Gasteiger charge is 2.20. The van der Waals surface area contributed by atoms with Gasteiger partial charge >= 0.3 is 0 Å². The molecule has 4 nitrogen and oxygen atoms in total. The lowest BCUT2D eigenvalue weighted by Gasteiger charge is -2.20. The van der Waals surface area contributed by atoms with Gasteiger partial charge in [0.05, 0.1) is 19.8 Å². The zero-order valence-electron chi connectivity index (χ0n) is 6.20. The summed E-state index contributed by atoms with van der Waals surface area (Å²) in [5, 5.41) is 8.82. The van der Waals surface area contributed by atoms with E-state index < -0.39 is 0 Å². The van der Waals surface area contributed by atoms with Crippen molar-refractivity contribution in [3.05, 3.63) is 8.02 Å². The van der Waals surface area contributed by atoms with E-state index >= 15 is 0 Å². The summed E-state index contributed by atoms with van der Waals surface area (Å²) >= 11 is 3.70. The second-order valence-electron chi connectivity index (χ2n) is 2.33. The zero-order chi connectivity index (χ0) is 8.39. The maximum Gasteiger partial charge on any atom is 0.178 e. The molecule has 1 aliphatic heterocycles. The van der Waals surface area contributed by atoms with Crippen LogP contribution in [-0.2, 0) is 9.47 Å². The van der Waals surface area contributed by atoms with Crippen molar-refractivity contribution in [2.45, 2.75) is 6.10 Å². The maximum atomic E-state index is 5.46. The Kier molecular flexibility index (Phi) is 2.89. The van der Waals surface area contributed by atoms with Crippen LogP contribution in [0.25, 0.3) is 0 Å². The molecular weight excluding hydrogens is 291 g/mol. The summed E-state index contributed by atoms with van der Waals surface area (Å²) in [5.41, 5.74) is 0. The Morgan fingerprint density at radius 1 is 1.42 bits per heavy atom. The van der Waals surface area contributed by atoms with Crippen LogP contribution in [0.15, 0.2) is 0 Å². The van der Waals surface area contributed by atoms with Crippen LogP contribution < -0.4 is 0 Å². The summed E-state index contributed by atoms with van der Waals surface area (Å²) in [6, 6.07) is 0. The van der Waals surface area contributed by atoms with Gasteiger partial charge < -0.3 is 9.47 Å². The number of halogens is 1. The Bertz CT molecular complexity index is 262. The smallest absolute Gasteiger partial charge is 0.178 e. The van der Waals surface area contributed by atoms with Crippen LogP contribution in [-0.4, -0.2) is 30.0 Å². The minimum Gasteiger partial charge on any atom is -0.376 e. The molecule has 0 aliphatic carbocycles. The van der Waals surface area contributed by atoms with Crippen molar-refractivity contribution < 1.29 is 9.47 Å². The molecule has 12 heavy (non-hydrogen) atoms. The zero-order valence-corrected chi connectivity index (χ0v) is 9.17. The number of nitrogens with zero attached hydrogens (tertiary/aromatic N) is 2. The van der Waals surface area contributed by atoms with Crippen LogP contribution in [0.3, 0.4) is 0 Å². The van der Waals surface area contributed by atoms with Crippen molar-refractivity contribution in [2.24, 2.45) is 0 Å². The van der Waals surface area contributed by atoms with Crippen LogP contribution >= 0.6 is 33.9 Å². The Morgan fingerprint density at radius 2 is 2.33 bits per heavy atom. The van der Waals surface area contributed by atoms with E-state index in [0.717, 1.165) is 8.02 Å². The molecule has 6 heteroatoms. The summed E-state index contributed by atoms with van der Waals surface area (Å²) in [5.74, 6) is 0. The van der Waals surface area contributed by atoms with Gasteiger partial charge in [-0.1, -0.05) is 11.3 Å². The minimum atomic E-state index is -0.000217. The van der Waals surface area contributed by atoms with Crippen molar-refractivity contribution >= 4 is 33.9 Å². The lowest BCUT2D eigenvalue weighted by atomic mass is 10.4. The summed E-state index contributed by atoms with van der Waals surface area (Å²) in [6.45, 7) is 1.94. The van der Waals surface area contributed by atoms with Gasteiger partial charge in [-0.25, -0.2) is 0 Å². The molecule has 1 atom stereocenters. The van der Waals surface area contributed by atoms with Crippen molar-refractivity contribution in [1.82, 2.24) is 10.2 Å². The van der Waals surface area contributed by atoms with Crippen molar-refractivity contribution in [3.8, 4) is 0 Å². The highest BCUT2D eigenvalue weighted by atomic mass is 127. The number of rotatable bonds is 1. The number of ether oxygens (including phenoxy) is 2. The first-order valence-corrected chi connectivity index (χ1v) is 5.44. The number of hydrogen-bond donors (Lipinski definition) is 0. The molecule has 1 aromatic heterocycles. The van der Waals surface area contributed by atoms with Gasteiger partial charge in [-0.15, -0.1) is 10.2 Å². The van der Waals surface area contributed by atoms with Gasteiger partial charge in [0.2, 0.25) is 0 Å². The quantitative estimate of drug-likeness (QED) is 0.732. The Balaban J connectivity index is 2.08. The first kappa shape index (κ1) is 8.79. The Hall–Kier alpha value is 0.210. The normalized spacial score (nSPS) is 24.2. The van der Waals surface area contributed by atoms with Gasteiger partial charge in [-0.3, -0.25) is 0 Å². The Labute approximate surface area is 87.4 Å². The molecule has 2 rings (SSSR count). The lowest BCUT2D eigenvalue weighted by Crippen LogP contribution is -2.21. The molecule has 66 valence electrons. The lowest BCUT2D eigenvalue weighted by molar-refractivity contribution is -0.0903. The van der Waals surface area contributed by atoms with E-state index in [1.165, 1.54) is 0 Å². The average Bonchev–Trinajstić information content (AvgIpc) is 2.54. The first-order valence-electron chi connectivity index (χ1n) is 3.54. The number of aromatic nitrogens is 2. The van der Waals surface area contributed by atoms with Crippen LogP contribution in [0.5, 0.6) is 0 Å². The molecule has 1 aliphatic rings. The molecule has 2 heterocycles. The van der Waals surface area contributed by atoms with Crippen LogP contribution in [0.1, 0.15) is 11.1 Å². The fourth-order valence-electron chi connectivity index (χ4n) is 0.976. The third-order valence-electron chi connectivity index (χ3n) is 1.51. The minimum absolute atomic E-state index is 0.000217. The molecular formula is C6H7IN2O2S. The molecule has 1 saturated heterocycles. The summed E-state index contributed by atoms with van der Waals surface area (Å²) in [4.78, 5) is 0. The predicted molar refractivity (Wildman–Crippen MR) is 52.1 cm³/mol. The summed E-state index contributed by atoms with van der Waals surface area (Å²) < 4.78 is 11.7. The molecule has 1 unspecified atom stereocenters. The van der Waals surface area contributed by atoms with Crippen LogP contribution in [0.4, 0.5) is 0 Å². The predicted octanol–water partition coefficient (Wildman–Crippen LogP) is 1.23. The van der Waals surface area contributed by atoms with E-state index in [1.54, 1.807) is 11.3 Å². The van der Waals surface area contributed by atoms with Gasteiger partial charge in [0.15, 0.2) is 3.01 Å². The van der Waals surface area contributed by atoms with Crippen molar-refractivity contribution in [2.75, 3.05) is 19.8 Å². The molecule has 0 saturated carbocycles. The third-order valence-corrected chi connectivity index (χ3v) is 3.19. The molecule has 0 radical (unpaired) electrons. The molecule has 0 spiro atoms. The van der Waals surface area contributed by atoms with Gasteiger partial charge in [0, 0.05) is 0 Å². The van der Waals surface area contributed by atoms with Gasteiger partial charge in [0.25, 0.3) is 0 Å². The van der Waals surface area contributed by atoms with E-state index in [1.807, 2.05) is 0 Å². The fraction of sp³-hybridized carbons (Fsp3) is 0.667. The van der Waals surface area contributed by atoms with Crippen molar-refractivity contribution in [1.29, 1.82) is 0 Å². The topological polar surface area (TPSA) is 44.2 Å². The van der Waals surface area contributed by atoms with Gasteiger partial charge in [0.1, 0.15) is 11.1 Å². The second kappa shape index (κ2) is 3.95. The standard InChI is InChI=1S/C6H7IN2O2S/c7-6-9-8-5(12-6)4-3-10-1-2-11-4/h4H,1-3H2. The molecule has 1 aromatic rings. The van der Waals surface area contributed by atoms with E-state index in [2.05, 4.69) is 32.8 Å². The van der Waals surface area contributed by atoms with E-state index in [9.17, 15) is 0 Å². The van der Waals surface area contributed by atoms with E-state index in [0.29, 0.717) is 19.8 Å². The molecule has 0 amide bonds. The fourth-order valence-corrected chi connectivity index (χ4v) is 2.36. The van der Waals surface area contributed by atoms with Gasteiger partial charge in [-0.2, -0.15) is 0 Å². The largest absolute Gasteiger partial charge is 0.376 e. The second-order valence-corrected chi connectivity index (χ2v) is 5.09. The molecule has 1 fully saturated rings. The van der Waals surface area contributed by atoms with E-state index in [4.69, 9.17) is 9.47 Å². The van der Waals surface area contributed by atoms with Gasteiger partial charge in [-0.05, 0) is 22.6 Å². The molecule has 0 aromatic carbocycles. The highest BCUT2D eigenvalue weighted by Crippen LogP contribution is 2.24. The van der Waals surface area contributed by atoms with E-state index in [-0.39, 0.29) is 6.10 Å². The third kappa shape index (κ3) is 1.93. The first-order chi connectivity index (χ1) is 5.86. The molecule has 0 N–H and O–H groups in total. The van der Waals surface area contributed by atoms with Crippen LogP contribution in [0, 0.1) is 3.01 Å². The molecule has 0 bridgehead atoms. The summed E-state index contributed by atoms with van der Waals surface area (Å²) in [7, 11) is 0. The van der Waals surface area contributed by atoms with Crippen molar-refractivity contribution in [3.63, 3.8) is 0 Å². The maximum absolute atomic E-state index is 5.46. The summed E-state index contributed by atoms with van der Waals surface area (Å²) in [6.07, 6.45) is -0.000217. The van der Waals surface area contributed by atoms with Crippen LogP contribution in [0.2, 0.25) is 0 Å². The monoisotopic (exact) mass is 298 g/mol. The average molecular weight is 298 g/mol.